The van der Waals surface area contributed by atoms with Crippen LogP contribution in [0.1, 0.15) is 27.0 Å². The number of hydrogen-bond donors (Lipinski definition) is 0. The summed E-state index contributed by atoms with van der Waals surface area (Å²) >= 11 is 0. The Hall–Kier alpha value is -2.23. The fraction of sp³-hybridized carbons (Fsp3) is 0.250. The number of rotatable bonds is 1. The van der Waals surface area contributed by atoms with Gasteiger partial charge >= 0.3 is 0 Å². The fourth-order valence-corrected chi connectivity index (χ4v) is 2.67. The number of fused-ring (bicyclic) bond motifs is 1. The number of carbonyl (C=O) groups is 1. The molecule has 102 valence electrons. The maximum Gasteiger partial charge on any atom is 0.254 e. The standard InChI is InChI=1S/C16H15FN2O/c1-11-8-14(17)9-13-4-7-19(10-15(11)13)16(20)12-2-5-18-6-3-12/h2-3,5-6,8-9H,4,7,10H2,1H3. The van der Waals surface area contributed by atoms with Crippen molar-refractivity contribution in [2.75, 3.05) is 6.54 Å². The highest BCUT2D eigenvalue weighted by Gasteiger charge is 2.23. The molecule has 0 spiro atoms. The minimum atomic E-state index is -0.199. The Bertz CT molecular complexity index is 655. The van der Waals surface area contributed by atoms with Crippen molar-refractivity contribution in [3.63, 3.8) is 0 Å². The van der Waals surface area contributed by atoms with Crippen molar-refractivity contribution in [2.24, 2.45) is 0 Å². The average molecular weight is 270 g/mol. The molecule has 3 nitrogen and oxygen atoms in total. The van der Waals surface area contributed by atoms with E-state index in [-0.39, 0.29) is 11.7 Å². The number of carbonyl (C=O) groups excluding carboxylic acids is 1. The van der Waals surface area contributed by atoms with Crippen LogP contribution in [0.5, 0.6) is 0 Å². The molecule has 1 aromatic heterocycles. The highest BCUT2D eigenvalue weighted by molar-refractivity contribution is 5.94. The number of nitrogens with zero attached hydrogens (tertiary/aromatic N) is 2. The van der Waals surface area contributed by atoms with E-state index in [1.54, 1.807) is 30.6 Å². The van der Waals surface area contributed by atoms with Crippen LogP contribution in [0.25, 0.3) is 0 Å². The summed E-state index contributed by atoms with van der Waals surface area (Å²) in [5.41, 5.74) is 3.64. The Morgan fingerprint density at radius 3 is 2.80 bits per heavy atom. The van der Waals surface area contributed by atoms with Crippen LogP contribution in [0.15, 0.2) is 36.7 Å². The van der Waals surface area contributed by atoms with Crippen molar-refractivity contribution in [1.29, 1.82) is 0 Å². The summed E-state index contributed by atoms with van der Waals surface area (Å²) < 4.78 is 13.4. The van der Waals surface area contributed by atoms with Crippen LogP contribution in [0, 0.1) is 12.7 Å². The number of pyridine rings is 1. The fourth-order valence-electron chi connectivity index (χ4n) is 2.67. The molecule has 2 heterocycles. The number of aryl methyl sites for hydroxylation is 1. The molecular weight excluding hydrogens is 255 g/mol. The first-order valence-corrected chi connectivity index (χ1v) is 6.62. The smallest absolute Gasteiger partial charge is 0.254 e. The molecule has 1 aromatic carbocycles. The van der Waals surface area contributed by atoms with Gasteiger partial charge in [0.1, 0.15) is 5.82 Å². The monoisotopic (exact) mass is 270 g/mol. The zero-order valence-electron chi connectivity index (χ0n) is 11.3. The van der Waals surface area contributed by atoms with E-state index in [1.165, 1.54) is 6.07 Å². The van der Waals surface area contributed by atoms with E-state index in [4.69, 9.17) is 0 Å². The van der Waals surface area contributed by atoms with Gasteiger partial charge in [0.15, 0.2) is 0 Å². The van der Waals surface area contributed by atoms with Gasteiger partial charge in [-0.2, -0.15) is 0 Å². The van der Waals surface area contributed by atoms with Gasteiger partial charge in [-0.1, -0.05) is 0 Å². The van der Waals surface area contributed by atoms with Crippen LogP contribution in [0.3, 0.4) is 0 Å². The first-order chi connectivity index (χ1) is 9.65. The van der Waals surface area contributed by atoms with E-state index in [1.807, 2.05) is 11.8 Å². The molecule has 0 atom stereocenters. The molecule has 0 N–H and O–H groups in total. The zero-order valence-corrected chi connectivity index (χ0v) is 11.3. The summed E-state index contributed by atoms with van der Waals surface area (Å²) in [6, 6.07) is 6.54. The van der Waals surface area contributed by atoms with Gasteiger partial charge in [-0.25, -0.2) is 4.39 Å². The molecule has 0 radical (unpaired) electrons. The lowest BCUT2D eigenvalue weighted by Crippen LogP contribution is -2.36. The first kappa shape index (κ1) is 12.8. The van der Waals surface area contributed by atoms with Gasteiger partial charge in [0.2, 0.25) is 0 Å². The SMILES string of the molecule is Cc1cc(F)cc2c1CN(C(=O)c1ccncc1)CC2. The summed E-state index contributed by atoms with van der Waals surface area (Å²) in [5, 5.41) is 0. The van der Waals surface area contributed by atoms with E-state index in [9.17, 15) is 9.18 Å². The third-order valence-electron chi connectivity index (χ3n) is 3.74. The number of aromatic nitrogens is 1. The van der Waals surface area contributed by atoms with Crippen molar-refractivity contribution < 1.29 is 9.18 Å². The highest BCUT2D eigenvalue weighted by atomic mass is 19.1. The molecule has 0 aliphatic carbocycles. The lowest BCUT2D eigenvalue weighted by molar-refractivity contribution is 0.0734. The minimum Gasteiger partial charge on any atom is -0.334 e. The van der Waals surface area contributed by atoms with Crippen molar-refractivity contribution in [3.8, 4) is 0 Å². The minimum absolute atomic E-state index is 0.00164. The largest absolute Gasteiger partial charge is 0.334 e. The molecular formula is C16H15FN2O. The van der Waals surface area contributed by atoms with E-state index < -0.39 is 0 Å². The second-order valence-corrected chi connectivity index (χ2v) is 5.07. The molecule has 1 aliphatic rings. The summed E-state index contributed by atoms with van der Waals surface area (Å²) in [4.78, 5) is 18.1. The lowest BCUT2D eigenvalue weighted by atomic mass is 9.95. The van der Waals surface area contributed by atoms with Crippen LogP contribution in [-0.2, 0) is 13.0 Å². The zero-order chi connectivity index (χ0) is 14.1. The van der Waals surface area contributed by atoms with Crippen LogP contribution < -0.4 is 0 Å². The maximum absolute atomic E-state index is 13.4. The van der Waals surface area contributed by atoms with Gasteiger partial charge in [0.25, 0.3) is 5.91 Å². The Balaban J connectivity index is 1.87. The van der Waals surface area contributed by atoms with Crippen LogP contribution in [0.4, 0.5) is 4.39 Å². The molecule has 0 saturated carbocycles. The first-order valence-electron chi connectivity index (χ1n) is 6.62. The highest BCUT2D eigenvalue weighted by Crippen LogP contribution is 2.24. The Kier molecular flexibility index (Phi) is 3.22. The topological polar surface area (TPSA) is 33.2 Å². The summed E-state index contributed by atoms with van der Waals surface area (Å²) in [5.74, 6) is -0.197. The maximum atomic E-state index is 13.4. The average Bonchev–Trinajstić information content (AvgIpc) is 2.47. The van der Waals surface area contributed by atoms with Crippen LogP contribution >= 0.6 is 0 Å². The van der Waals surface area contributed by atoms with Crippen molar-refractivity contribution >= 4 is 5.91 Å². The van der Waals surface area contributed by atoms with E-state index >= 15 is 0 Å². The second kappa shape index (κ2) is 5.04. The second-order valence-electron chi connectivity index (χ2n) is 5.07. The van der Waals surface area contributed by atoms with Gasteiger partial charge in [-0.05, 0) is 54.3 Å². The summed E-state index contributed by atoms with van der Waals surface area (Å²) in [7, 11) is 0. The Morgan fingerprint density at radius 2 is 2.05 bits per heavy atom. The third kappa shape index (κ3) is 2.29. The molecule has 0 fully saturated rings. The van der Waals surface area contributed by atoms with Crippen molar-refractivity contribution in [3.05, 3.63) is 64.7 Å². The Morgan fingerprint density at radius 1 is 1.30 bits per heavy atom. The van der Waals surface area contributed by atoms with Crippen LogP contribution in [0.2, 0.25) is 0 Å². The summed E-state index contributed by atoms with van der Waals surface area (Å²) in [6.07, 6.45) is 3.93. The molecule has 0 unspecified atom stereocenters. The quantitative estimate of drug-likeness (QED) is 0.798. The van der Waals surface area contributed by atoms with Crippen molar-refractivity contribution in [2.45, 2.75) is 19.9 Å². The summed E-state index contributed by atoms with van der Waals surface area (Å²) in [6.45, 7) is 3.06. The van der Waals surface area contributed by atoms with Gasteiger partial charge in [0.05, 0.1) is 0 Å². The predicted octanol–water partition coefficient (Wildman–Crippen LogP) is 2.73. The molecule has 3 rings (SSSR count). The van der Waals surface area contributed by atoms with Gasteiger partial charge in [-0.3, -0.25) is 9.78 Å². The number of benzene rings is 1. The van der Waals surface area contributed by atoms with Gasteiger partial charge in [-0.15, -0.1) is 0 Å². The van der Waals surface area contributed by atoms with E-state index in [2.05, 4.69) is 4.98 Å². The molecule has 1 aliphatic heterocycles. The molecule has 0 saturated heterocycles. The number of amides is 1. The normalized spacial score (nSPS) is 14.0. The van der Waals surface area contributed by atoms with E-state index in [0.29, 0.717) is 25.1 Å². The molecule has 4 heteroatoms. The lowest BCUT2D eigenvalue weighted by Gasteiger charge is -2.30. The van der Waals surface area contributed by atoms with Gasteiger partial charge in [0, 0.05) is 31.0 Å². The molecule has 1 amide bonds. The number of halogens is 1. The van der Waals surface area contributed by atoms with Gasteiger partial charge < -0.3 is 4.90 Å². The Labute approximate surface area is 117 Å². The molecule has 0 bridgehead atoms. The predicted molar refractivity (Wildman–Crippen MR) is 73.8 cm³/mol. The third-order valence-corrected chi connectivity index (χ3v) is 3.74. The van der Waals surface area contributed by atoms with Crippen molar-refractivity contribution in [1.82, 2.24) is 9.88 Å². The number of hydrogen-bond acceptors (Lipinski definition) is 2. The van der Waals surface area contributed by atoms with E-state index in [0.717, 1.165) is 16.7 Å². The molecule has 2 aromatic rings. The molecule has 20 heavy (non-hydrogen) atoms. The van der Waals surface area contributed by atoms with Crippen LogP contribution in [-0.4, -0.2) is 22.3 Å².